The Bertz CT molecular complexity index is 1630. The van der Waals surface area contributed by atoms with E-state index < -0.39 is 47.7 Å². The van der Waals surface area contributed by atoms with Crippen molar-refractivity contribution in [2.45, 2.75) is 79.7 Å². The van der Waals surface area contributed by atoms with Crippen LogP contribution in [0.1, 0.15) is 56.6 Å². The molecule has 1 spiro atoms. The third kappa shape index (κ3) is 8.57. The van der Waals surface area contributed by atoms with Crippen LogP contribution in [0.3, 0.4) is 0 Å². The summed E-state index contributed by atoms with van der Waals surface area (Å²) in [6, 6.07) is 14.3. The van der Waals surface area contributed by atoms with Gasteiger partial charge in [0.1, 0.15) is 17.7 Å². The molecule has 3 heterocycles. The number of hydrogen-bond acceptors (Lipinski definition) is 8. The number of nitrogens with one attached hydrogen (secondary N) is 1. The average molecular weight is 815 g/mol. The Morgan fingerprint density at radius 1 is 1.11 bits per heavy atom. The predicted molar refractivity (Wildman–Crippen MR) is 205 cm³/mol. The lowest BCUT2D eigenvalue weighted by Gasteiger charge is -2.37. The summed E-state index contributed by atoms with van der Waals surface area (Å²) in [6.45, 7) is 8.07. The van der Waals surface area contributed by atoms with Crippen molar-refractivity contribution in [1.29, 1.82) is 0 Å². The number of fused-ring (bicyclic) bond motifs is 1. The topological polar surface area (TPSA) is 135 Å². The highest BCUT2D eigenvalue weighted by molar-refractivity contribution is 9.09. The molecule has 8 atom stereocenters. The average Bonchev–Trinajstić information content (AvgIpc) is 3.75. The molecule has 53 heavy (non-hydrogen) atoms. The Labute approximate surface area is 324 Å². The van der Waals surface area contributed by atoms with Gasteiger partial charge in [0.2, 0.25) is 11.8 Å². The fourth-order valence-corrected chi connectivity index (χ4v) is 9.23. The molecular weight excluding hydrogens is 766 g/mol. The SMILES string of the molecule is C=CCCC(=O)N[C@@H](COC)[C@@H](OC(=O)[C@H]1[C@@H]2O[C@@]3(CC2Br)[C@@H]1C(=O)N(CCCCCCO)[C@@H]3C(=O)N(CC=C)c1ccccc1Cl)c1ccccc1. The summed E-state index contributed by atoms with van der Waals surface area (Å²) in [6.07, 6.45) is 5.24. The highest BCUT2D eigenvalue weighted by atomic mass is 79.9. The van der Waals surface area contributed by atoms with Crippen LogP contribution in [0.25, 0.3) is 0 Å². The van der Waals surface area contributed by atoms with Gasteiger partial charge in [0, 0.05) is 38.1 Å². The van der Waals surface area contributed by atoms with E-state index in [9.17, 15) is 24.3 Å². The number of esters is 1. The number of likely N-dealkylation sites (tertiary alicyclic amines) is 1. The summed E-state index contributed by atoms with van der Waals surface area (Å²) in [7, 11) is 1.50. The van der Waals surface area contributed by atoms with Crippen molar-refractivity contribution < 1.29 is 38.5 Å². The van der Waals surface area contributed by atoms with Crippen molar-refractivity contribution >= 4 is 56.9 Å². The third-order valence-electron chi connectivity index (χ3n) is 10.3. The molecule has 2 aromatic rings. The molecule has 3 saturated heterocycles. The van der Waals surface area contributed by atoms with Crippen LogP contribution in [0.2, 0.25) is 5.02 Å². The molecule has 0 radical (unpaired) electrons. The van der Waals surface area contributed by atoms with Crippen LogP contribution in [0, 0.1) is 11.8 Å². The molecule has 2 bridgehead atoms. The number of carbonyl (C=O) groups is 4. The van der Waals surface area contributed by atoms with Gasteiger partial charge >= 0.3 is 5.97 Å². The number of hydrogen-bond donors (Lipinski definition) is 2. The van der Waals surface area contributed by atoms with Crippen molar-refractivity contribution in [3.63, 3.8) is 0 Å². The monoisotopic (exact) mass is 813 g/mol. The standard InChI is InChI=1S/C40H49BrClN3O8/c1-4-6-20-31(47)43-29(25-51-3)34(26-16-10-9-11-17-26)52-39(50)32-33-37(48)45(22-14-7-8-15-23-46)36(40(33)24-27(41)35(32)53-40)38(49)44(21-5-2)30-19-13-12-18-28(30)42/h4-5,9-13,16-19,27,29,32-36,46H,1-2,6-8,14-15,20-25H2,3H3,(H,43,47)/t27?,29-,32+,33-,34-,35+,36+,40-/m0/s1. The van der Waals surface area contributed by atoms with E-state index in [4.69, 9.17) is 25.8 Å². The summed E-state index contributed by atoms with van der Waals surface area (Å²) in [4.78, 5) is 59.9. The molecule has 286 valence electrons. The Kier molecular flexibility index (Phi) is 14.3. The number of allylic oxidation sites excluding steroid dienone is 1. The Balaban J connectivity index is 1.52. The van der Waals surface area contributed by atoms with Gasteiger partial charge in [0.05, 0.1) is 41.3 Å². The molecule has 0 aromatic heterocycles. The van der Waals surface area contributed by atoms with Gasteiger partial charge in [-0.1, -0.05) is 95.0 Å². The molecule has 3 fully saturated rings. The number of halogens is 2. The quantitative estimate of drug-likeness (QED) is 0.0771. The molecule has 3 aliphatic heterocycles. The number of unbranched alkanes of at least 4 members (excludes halogenated alkanes) is 3. The van der Waals surface area contributed by atoms with Crippen molar-refractivity contribution in [2.24, 2.45) is 11.8 Å². The maximum absolute atomic E-state index is 14.9. The fourth-order valence-electron chi connectivity index (χ4n) is 8.05. The largest absolute Gasteiger partial charge is 0.455 e. The molecule has 3 aliphatic rings. The molecule has 2 aromatic carbocycles. The first-order valence-corrected chi connectivity index (χ1v) is 19.5. The van der Waals surface area contributed by atoms with Gasteiger partial charge in [-0.05, 0) is 43.4 Å². The first-order chi connectivity index (χ1) is 25.6. The van der Waals surface area contributed by atoms with E-state index >= 15 is 0 Å². The molecule has 2 N–H and O–H groups in total. The Morgan fingerprint density at radius 2 is 1.83 bits per heavy atom. The van der Waals surface area contributed by atoms with E-state index in [2.05, 4.69) is 34.4 Å². The first-order valence-electron chi connectivity index (χ1n) is 18.2. The highest BCUT2D eigenvalue weighted by Gasteiger charge is 2.77. The molecule has 5 rings (SSSR count). The van der Waals surface area contributed by atoms with E-state index in [-0.39, 0.29) is 55.3 Å². The molecule has 0 saturated carbocycles. The minimum Gasteiger partial charge on any atom is -0.455 e. The summed E-state index contributed by atoms with van der Waals surface area (Å²) in [5.41, 5.74) is -0.232. The second kappa shape index (κ2) is 18.7. The molecule has 3 amide bonds. The van der Waals surface area contributed by atoms with Crippen LogP contribution in [0.15, 0.2) is 79.9 Å². The van der Waals surface area contributed by atoms with E-state index in [0.717, 1.165) is 12.8 Å². The second-order valence-electron chi connectivity index (χ2n) is 13.7. The van der Waals surface area contributed by atoms with Crippen LogP contribution in [0.5, 0.6) is 0 Å². The zero-order valence-corrected chi connectivity index (χ0v) is 32.4. The lowest BCUT2D eigenvalue weighted by molar-refractivity contribution is -0.163. The van der Waals surface area contributed by atoms with Crippen molar-refractivity contribution in [3.05, 3.63) is 90.5 Å². The number of nitrogens with zero attached hydrogens (tertiary/aromatic N) is 2. The lowest BCUT2D eigenvalue weighted by Crippen LogP contribution is -2.57. The van der Waals surface area contributed by atoms with Gasteiger partial charge in [-0.25, -0.2) is 0 Å². The fraction of sp³-hybridized carbons (Fsp3) is 0.500. The van der Waals surface area contributed by atoms with Crippen LogP contribution in [0.4, 0.5) is 5.69 Å². The van der Waals surface area contributed by atoms with Crippen LogP contribution in [-0.4, -0.2) is 95.7 Å². The summed E-state index contributed by atoms with van der Waals surface area (Å²) in [5, 5.41) is 12.6. The smallest absolute Gasteiger partial charge is 0.313 e. The highest BCUT2D eigenvalue weighted by Crippen LogP contribution is 2.60. The normalized spacial score (nSPS) is 25.4. The number of para-hydroxylation sites is 1. The number of benzene rings is 2. The number of amides is 3. The summed E-state index contributed by atoms with van der Waals surface area (Å²) in [5.74, 6) is -3.71. The Morgan fingerprint density at radius 3 is 2.51 bits per heavy atom. The van der Waals surface area contributed by atoms with Gasteiger partial charge < -0.3 is 34.4 Å². The van der Waals surface area contributed by atoms with Gasteiger partial charge in [0.25, 0.3) is 5.91 Å². The second-order valence-corrected chi connectivity index (χ2v) is 15.3. The van der Waals surface area contributed by atoms with Gasteiger partial charge in [-0.15, -0.1) is 13.2 Å². The van der Waals surface area contributed by atoms with Crippen molar-refractivity contribution in [2.75, 3.05) is 38.3 Å². The summed E-state index contributed by atoms with van der Waals surface area (Å²) >= 11 is 10.4. The number of alkyl halides is 1. The van der Waals surface area contributed by atoms with E-state index in [1.807, 2.05) is 18.2 Å². The molecule has 11 nitrogen and oxygen atoms in total. The predicted octanol–water partition coefficient (Wildman–Crippen LogP) is 5.54. The molecule has 1 unspecified atom stereocenters. The number of ether oxygens (including phenoxy) is 3. The number of carbonyl (C=O) groups excluding carboxylic acids is 4. The van der Waals surface area contributed by atoms with Crippen LogP contribution >= 0.6 is 27.5 Å². The van der Waals surface area contributed by atoms with Crippen molar-refractivity contribution in [3.8, 4) is 0 Å². The van der Waals surface area contributed by atoms with Crippen molar-refractivity contribution in [1.82, 2.24) is 10.2 Å². The van der Waals surface area contributed by atoms with Gasteiger partial charge in [-0.3, -0.25) is 19.2 Å². The number of aliphatic hydroxyl groups is 1. The first kappa shape index (κ1) is 40.6. The lowest BCUT2D eigenvalue weighted by atomic mass is 9.70. The zero-order valence-electron chi connectivity index (χ0n) is 30.0. The number of rotatable bonds is 20. The maximum atomic E-state index is 14.9. The van der Waals surface area contributed by atoms with E-state index in [0.29, 0.717) is 42.0 Å². The maximum Gasteiger partial charge on any atom is 0.313 e. The number of methoxy groups -OCH3 is 1. The van der Waals surface area contributed by atoms with Gasteiger partial charge in [-0.2, -0.15) is 0 Å². The summed E-state index contributed by atoms with van der Waals surface area (Å²) < 4.78 is 18.6. The zero-order chi connectivity index (χ0) is 38.1. The Hall–Kier alpha value is -3.55. The third-order valence-corrected chi connectivity index (χ3v) is 11.5. The molecular formula is C40H49BrClN3O8. The minimum absolute atomic E-state index is 0.0481. The van der Waals surface area contributed by atoms with Crippen LogP contribution < -0.4 is 10.2 Å². The van der Waals surface area contributed by atoms with E-state index in [1.165, 1.54) is 12.0 Å². The minimum atomic E-state index is -1.34. The molecule has 0 aliphatic carbocycles. The number of aliphatic hydroxyl groups excluding tert-OH is 1. The van der Waals surface area contributed by atoms with E-state index in [1.54, 1.807) is 53.5 Å². The van der Waals surface area contributed by atoms with Gasteiger partial charge in [0.15, 0.2) is 0 Å². The molecule has 13 heteroatoms. The number of anilines is 1. The van der Waals surface area contributed by atoms with Crippen LogP contribution in [-0.2, 0) is 33.4 Å².